The number of anilines is 6. The third-order valence-corrected chi connectivity index (χ3v) is 17.4. The highest BCUT2D eigenvalue weighted by molar-refractivity contribution is 7.33. The van der Waals surface area contributed by atoms with E-state index in [0.717, 1.165) is 0 Å². The summed E-state index contributed by atoms with van der Waals surface area (Å²) in [6, 6.07) is 56.0. The van der Waals surface area contributed by atoms with E-state index in [2.05, 4.69) is 218 Å². The molecular formula is C61H59BN2S. The summed E-state index contributed by atoms with van der Waals surface area (Å²) in [7, 11) is 0. The fourth-order valence-electron chi connectivity index (χ4n) is 12.2. The summed E-state index contributed by atoms with van der Waals surface area (Å²) in [5.41, 5.74) is 23.1. The normalized spacial score (nSPS) is 18.1. The molecule has 2 aliphatic carbocycles. The van der Waals surface area contributed by atoms with Crippen LogP contribution in [0.25, 0.3) is 32.3 Å². The van der Waals surface area contributed by atoms with Gasteiger partial charge >= 0.3 is 0 Å². The van der Waals surface area contributed by atoms with Crippen molar-refractivity contribution in [3.63, 3.8) is 0 Å². The average molecular weight is 863 g/mol. The van der Waals surface area contributed by atoms with Crippen molar-refractivity contribution in [2.45, 2.75) is 110 Å². The lowest BCUT2D eigenvalue weighted by molar-refractivity contribution is 0.332. The maximum atomic E-state index is 2.71. The Morgan fingerprint density at radius 2 is 0.954 bits per heavy atom. The molecule has 3 heterocycles. The SMILES string of the molecule is Cc1cc2c3c(c1)N(c1ccc4c(c1)C(C)(C)CCC4(C)C)c1c(sc4cc5c(cc14)C(C)(C)CCC5(C)C)B3c1cc(-c3ccccc3)ccc1N2c1ccc(-c2ccccc2)cc1. The molecule has 8 aromatic rings. The standard InChI is InChI=1S/C61H59BN2S/c1-38-32-52-55-53(33-38)64(44-25-26-46-47(35-44)59(4,5)29-28-58(46,2)3)56-45-36-48-49(61(8,9)31-30-60(48,6)7)37-54(45)65-57(56)62(55)50-34-42(40-18-14-11-15-19-40)22-27-51(50)63(52)43-23-20-41(21-24-43)39-16-12-10-13-17-39/h10-27,32-37H,28-31H2,1-9H3. The summed E-state index contributed by atoms with van der Waals surface area (Å²) in [6.45, 7) is 22.1. The van der Waals surface area contributed by atoms with Crippen LogP contribution in [0.2, 0.25) is 0 Å². The molecule has 0 radical (unpaired) electrons. The van der Waals surface area contributed by atoms with Gasteiger partial charge in [0.2, 0.25) is 0 Å². The molecule has 7 aromatic carbocycles. The maximum Gasteiger partial charge on any atom is 0.264 e. The van der Waals surface area contributed by atoms with Crippen LogP contribution < -0.4 is 25.5 Å². The summed E-state index contributed by atoms with van der Waals surface area (Å²) in [5.74, 6) is 0. The Kier molecular flexibility index (Phi) is 8.81. The quantitative estimate of drug-likeness (QED) is 0.163. The van der Waals surface area contributed by atoms with E-state index in [4.69, 9.17) is 0 Å². The monoisotopic (exact) mass is 862 g/mol. The molecule has 0 spiro atoms. The van der Waals surface area contributed by atoms with E-state index in [1.54, 1.807) is 0 Å². The van der Waals surface area contributed by atoms with Crippen molar-refractivity contribution in [2.24, 2.45) is 0 Å². The molecule has 2 nitrogen and oxygen atoms in total. The molecule has 4 heteroatoms. The van der Waals surface area contributed by atoms with Crippen molar-refractivity contribution in [3.8, 4) is 22.3 Å². The lowest BCUT2D eigenvalue weighted by Crippen LogP contribution is -2.60. The van der Waals surface area contributed by atoms with Crippen molar-refractivity contribution in [2.75, 3.05) is 9.80 Å². The minimum absolute atomic E-state index is 0.0498. The first-order valence-electron chi connectivity index (χ1n) is 24.0. The van der Waals surface area contributed by atoms with Gasteiger partial charge in [0.05, 0.1) is 5.69 Å². The Morgan fingerprint density at radius 3 is 1.58 bits per heavy atom. The van der Waals surface area contributed by atoms with Crippen LogP contribution in [-0.4, -0.2) is 6.71 Å². The molecule has 4 aliphatic rings. The van der Waals surface area contributed by atoms with E-state index < -0.39 is 0 Å². The van der Waals surface area contributed by atoms with Crippen molar-refractivity contribution in [3.05, 3.63) is 173 Å². The predicted octanol–water partition coefficient (Wildman–Crippen LogP) is 15.3. The minimum atomic E-state index is 0.0498. The average Bonchev–Trinajstić information content (AvgIpc) is 3.67. The van der Waals surface area contributed by atoms with Gasteiger partial charge in [-0.15, -0.1) is 11.3 Å². The largest absolute Gasteiger partial charge is 0.311 e. The second kappa shape index (κ2) is 14.1. The molecule has 65 heavy (non-hydrogen) atoms. The molecule has 0 saturated carbocycles. The van der Waals surface area contributed by atoms with Gasteiger partial charge in [0, 0.05) is 43.3 Å². The number of thiophene rings is 1. The first-order valence-corrected chi connectivity index (χ1v) is 24.8. The van der Waals surface area contributed by atoms with E-state index in [0.29, 0.717) is 0 Å². The number of nitrogens with zero attached hydrogens (tertiary/aromatic N) is 2. The van der Waals surface area contributed by atoms with Gasteiger partial charge in [-0.25, -0.2) is 0 Å². The molecular weight excluding hydrogens is 804 g/mol. The van der Waals surface area contributed by atoms with Gasteiger partial charge in [-0.3, -0.25) is 0 Å². The fraction of sp³-hybridized carbons (Fsp3) is 0.279. The minimum Gasteiger partial charge on any atom is -0.311 e. The lowest BCUT2D eigenvalue weighted by atomic mass is 9.36. The highest BCUT2D eigenvalue weighted by atomic mass is 32.1. The Labute approximate surface area is 391 Å². The zero-order valence-electron chi connectivity index (χ0n) is 39.6. The molecule has 1 aromatic heterocycles. The van der Waals surface area contributed by atoms with Gasteiger partial charge in [-0.2, -0.15) is 0 Å². The van der Waals surface area contributed by atoms with Crippen LogP contribution >= 0.6 is 11.3 Å². The summed E-state index contributed by atoms with van der Waals surface area (Å²) < 4.78 is 2.84. The van der Waals surface area contributed by atoms with Gasteiger partial charge in [0.15, 0.2) is 0 Å². The molecule has 322 valence electrons. The maximum absolute atomic E-state index is 2.71. The van der Waals surface area contributed by atoms with Gasteiger partial charge in [-0.1, -0.05) is 146 Å². The third-order valence-electron chi connectivity index (χ3n) is 16.2. The van der Waals surface area contributed by atoms with Crippen LogP contribution in [0.3, 0.4) is 0 Å². The van der Waals surface area contributed by atoms with Crippen LogP contribution in [0.5, 0.6) is 0 Å². The Morgan fingerprint density at radius 1 is 0.446 bits per heavy atom. The number of aryl methyl sites for hydroxylation is 1. The number of fused-ring (bicyclic) bond motifs is 8. The summed E-state index contributed by atoms with van der Waals surface area (Å²) >= 11 is 2.04. The second-order valence-electron chi connectivity index (χ2n) is 22.3. The number of hydrogen-bond donors (Lipinski definition) is 0. The Balaban J connectivity index is 1.17. The molecule has 0 unspecified atom stereocenters. The smallest absolute Gasteiger partial charge is 0.264 e. The van der Waals surface area contributed by atoms with E-state index in [-0.39, 0.29) is 28.4 Å². The van der Waals surface area contributed by atoms with Gasteiger partial charge in [0.1, 0.15) is 0 Å². The molecule has 2 aliphatic heterocycles. The summed E-state index contributed by atoms with van der Waals surface area (Å²) in [4.78, 5) is 5.28. The number of rotatable bonds is 4. The molecule has 0 amide bonds. The summed E-state index contributed by atoms with van der Waals surface area (Å²) in [6.07, 6.45) is 4.77. The highest BCUT2D eigenvalue weighted by Crippen LogP contribution is 2.54. The van der Waals surface area contributed by atoms with Crippen LogP contribution in [0.4, 0.5) is 34.1 Å². The van der Waals surface area contributed by atoms with Crippen LogP contribution in [-0.2, 0) is 21.7 Å². The molecule has 0 saturated heterocycles. The van der Waals surface area contributed by atoms with Crippen molar-refractivity contribution < 1.29 is 0 Å². The second-order valence-corrected chi connectivity index (χ2v) is 23.4. The zero-order valence-corrected chi connectivity index (χ0v) is 40.4. The first-order chi connectivity index (χ1) is 31.1. The zero-order chi connectivity index (χ0) is 44.8. The number of hydrogen-bond acceptors (Lipinski definition) is 3. The fourth-order valence-corrected chi connectivity index (χ4v) is 13.5. The van der Waals surface area contributed by atoms with E-state index in [1.807, 2.05) is 11.3 Å². The van der Waals surface area contributed by atoms with Crippen LogP contribution in [0, 0.1) is 6.92 Å². The van der Waals surface area contributed by atoms with Crippen LogP contribution in [0.15, 0.2) is 146 Å². The lowest BCUT2D eigenvalue weighted by Gasteiger charge is -2.45. The highest BCUT2D eigenvalue weighted by Gasteiger charge is 2.47. The van der Waals surface area contributed by atoms with E-state index in [9.17, 15) is 0 Å². The van der Waals surface area contributed by atoms with Crippen molar-refractivity contribution in [1.29, 1.82) is 0 Å². The van der Waals surface area contributed by atoms with Gasteiger partial charge < -0.3 is 9.80 Å². The summed E-state index contributed by atoms with van der Waals surface area (Å²) in [5, 5.41) is 1.39. The third kappa shape index (κ3) is 6.19. The van der Waals surface area contributed by atoms with Gasteiger partial charge in [-0.05, 0) is 170 Å². The molecule has 0 fully saturated rings. The van der Waals surface area contributed by atoms with Crippen LogP contribution in [0.1, 0.15) is 109 Å². The molecule has 12 rings (SSSR count). The topological polar surface area (TPSA) is 6.48 Å². The predicted molar refractivity (Wildman–Crippen MR) is 282 cm³/mol. The van der Waals surface area contributed by atoms with E-state index >= 15 is 0 Å². The Bertz CT molecular complexity index is 3230. The molecule has 0 N–H and O–H groups in total. The van der Waals surface area contributed by atoms with E-state index in [1.165, 1.54) is 136 Å². The van der Waals surface area contributed by atoms with Crippen molar-refractivity contribution >= 4 is 78.0 Å². The van der Waals surface area contributed by atoms with Crippen molar-refractivity contribution in [1.82, 2.24) is 0 Å². The Hall–Kier alpha value is -5.84. The molecule has 0 atom stereocenters. The molecule has 0 bridgehead atoms. The first kappa shape index (κ1) is 40.7. The van der Waals surface area contributed by atoms with Gasteiger partial charge in [0.25, 0.3) is 6.71 Å². The number of benzene rings is 7.